The SMILES string of the molecule is Cc1ccccc1OCC(O)CNC(=O)COc1ccccc1Cl. The van der Waals surface area contributed by atoms with Crippen LogP contribution in [-0.2, 0) is 4.79 Å². The first kappa shape index (κ1) is 18.1. The van der Waals surface area contributed by atoms with Gasteiger partial charge in [-0.1, -0.05) is 41.9 Å². The predicted octanol–water partition coefficient (Wildman–Crippen LogP) is 2.58. The fraction of sp³-hybridized carbons (Fsp3) is 0.278. The number of nitrogens with one attached hydrogen (secondary N) is 1. The molecular formula is C18H20ClNO4. The molecule has 0 aromatic heterocycles. The molecule has 0 aliphatic heterocycles. The average molecular weight is 350 g/mol. The highest BCUT2D eigenvalue weighted by molar-refractivity contribution is 6.32. The Hall–Kier alpha value is -2.24. The Morgan fingerprint density at radius 3 is 2.50 bits per heavy atom. The number of benzene rings is 2. The van der Waals surface area contributed by atoms with Gasteiger partial charge in [-0.05, 0) is 30.7 Å². The molecule has 2 aromatic carbocycles. The van der Waals surface area contributed by atoms with E-state index >= 15 is 0 Å². The molecule has 128 valence electrons. The van der Waals surface area contributed by atoms with Crippen molar-refractivity contribution in [2.75, 3.05) is 19.8 Å². The van der Waals surface area contributed by atoms with Crippen molar-refractivity contribution in [2.45, 2.75) is 13.0 Å². The number of hydrogen-bond donors (Lipinski definition) is 2. The van der Waals surface area contributed by atoms with Crippen LogP contribution in [0, 0.1) is 6.92 Å². The van der Waals surface area contributed by atoms with Gasteiger partial charge in [-0.3, -0.25) is 4.79 Å². The molecule has 0 bridgehead atoms. The van der Waals surface area contributed by atoms with Crippen molar-refractivity contribution in [3.05, 3.63) is 59.1 Å². The number of carbonyl (C=O) groups is 1. The lowest BCUT2D eigenvalue weighted by Gasteiger charge is -2.14. The highest BCUT2D eigenvalue weighted by atomic mass is 35.5. The maximum atomic E-state index is 11.7. The van der Waals surface area contributed by atoms with E-state index in [2.05, 4.69) is 5.32 Å². The molecule has 6 heteroatoms. The van der Waals surface area contributed by atoms with E-state index in [9.17, 15) is 9.90 Å². The summed E-state index contributed by atoms with van der Waals surface area (Å²) in [5.41, 5.74) is 0.988. The topological polar surface area (TPSA) is 67.8 Å². The summed E-state index contributed by atoms with van der Waals surface area (Å²) in [6, 6.07) is 14.4. The smallest absolute Gasteiger partial charge is 0.258 e. The van der Waals surface area contributed by atoms with Gasteiger partial charge in [-0.15, -0.1) is 0 Å². The molecule has 2 N–H and O–H groups in total. The lowest BCUT2D eigenvalue weighted by molar-refractivity contribution is -0.123. The third-order valence-electron chi connectivity index (χ3n) is 3.26. The van der Waals surface area contributed by atoms with Crippen molar-refractivity contribution < 1.29 is 19.4 Å². The Labute approximate surface area is 146 Å². The molecule has 1 atom stereocenters. The van der Waals surface area contributed by atoms with E-state index in [1.807, 2.05) is 31.2 Å². The fourth-order valence-electron chi connectivity index (χ4n) is 1.95. The van der Waals surface area contributed by atoms with Crippen LogP contribution in [0.1, 0.15) is 5.56 Å². The maximum Gasteiger partial charge on any atom is 0.258 e. The Bertz CT molecular complexity index is 678. The number of ether oxygens (including phenoxy) is 2. The molecule has 0 saturated carbocycles. The van der Waals surface area contributed by atoms with Crippen molar-refractivity contribution in [1.29, 1.82) is 0 Å². The number of halogens is 1. The molecule has 5 nitrogen and oxygen atoms in total. The first-order valence-electron chi connectivity index (χ1n) is 7.57. The summed E-state index contributed by atoms with van der Waals surface area (Å²) >= 11 is 5.93. The molecule has 0 fully saturated rings. The van der Waals surface area contributed by atoms with Gasteiger partial charge >= 0.3 is 0 Å². The maximum absolute atomic E-state index is 11.7. The normalized spacial score (nSPS) is 11.6. The number of amides is 1. The molecular weight excluding hydrogens is 330 g/mol. The molecule has 0 spiro atoms. The van der Waals surface area contributed by atoms with Crippen LogP contribution in [0.4, 0.5) is 0 Å². The Morgan fingerprint density at radius 2 is 1.79 bits per heavy atom. The van der Waals surface area contributed by atoms with E-state index in [0.29, 0.717) is 16.5 Å². The molecule has 1 amide bonds. The first-order valence-corrected chi connectivity index (χ1v) is 7.94. The van der Waals surface area contributed by atoms with E-state index in [-0.39, 0.29) is 25.7 Å². The molecule has 24 heavy (non-hydrogen) atoms. The minimum absolute atomic E-state index is 0.0800. The van der Waals surface area contributed by atoms with Gasteiger partial charge < -0.3 is 19.9 Å². The standard InChI is InChI=1S/C18H20ClNO4/c1-13-6-2-4-8-16(13)23-11-14(21)10-20-18(22)12-24-17-9-5-3-7-15(17)19/h2-9,14,21H,10-12H2,1H3,(H,20,22). The monoisotopic (exact) mass is 349 g/mol. The minimum Gasteiger partial charge on any atom is -0.491 e. The molecule has 0 heterocycles. The summed E-state index contributed by atoms with van der Waals surface area (Å²) in [6.45, 7) is 1.93. The summed E-state index contributed by atoms with van der Waals surface area (Å²) in [5, 5.41) is 12.9. The molecule has 0 radical (unpaired) electrons. The number of aryl methyl sites for hydroxylation is 1. The third kappa shape index (κ3) is 5.76. The van der Waals surface area contributed by atoms with Crippen LogP contribution in [0.25, 0.3) is 0 Å². The molecule has 2 rings (SSSR count). The summed E-state index contributed by atoms with van der Waals surface area (Å²) in [4.78, 5) is 11.7. The Kier molecular flexibility index (Phi) is 6.90. The van der Waals surface area contributed by atoms with Crippen LogP contribution in [0.5, 0.6) is 11.5 Å². The zero-order valence-corrected chi connectivity index (χ0v) is 14.1. The van der Waals surface area contributed by atoms with Crippen molar-refractivity contribution in [3.8, 4) is 11.5 Å². The van der Waals surface area contributed by atoms with Crippen LogP contribution in [0.3, 0.4) is 0 Å². The van der Waals surface area contributed by atoms with Gasteiger partial charge in [0.25, 0.3) is 5.91 Å². The van der Waals surface area contributed by atoms with Crippen LogP contribution in [0.2, 0.25) is 5.02 Å². The van der Waals surface area contributed by atoms with Crippen molar-refractivity contribution >= 4 is 17.5 Å². The molecule has 0 saturated heterocycles. The van der Waals surface area contributed by atoms with Crippen molar-refractivity contribution in [1.82, 2.24) is 5.32 Å². The van der Waals surface area contributed by atoms with Crippen LogP contribution >= 0.6 is 11.6 Å². The molecule has 2 aromatic rings. The number of aliphatic hydroxyl groups is 1. The van der Waals surface area contributed by atoms with Crippen LogP contribution < -0.4 is 14.8 Å². The Balaban J connectivity index is 1.68. The van der Waals surface area contributed by atoms with Gasteiger partial charge in [-0.25, -0.2) is 0 Å². The summed E-state index contributed by atoms with van der Waals surface area (Å²) in [6.07, 6.45) is -0.811. The average Bonchev–Trinajstić information content (AvgIpc) is 2.58. The van der Waals surface area contributed by atoms with E-state index in [1.165, 1.54) is 0 Å². The van der Waals surface area contributed by atoms with Crippen molar-refractivity contribution in [2.24, 2.45) is 0 Å². The van der Waals surface area contributed by atoms with Gasteiger partial charge in [0.05, 0.1) is 5.02 Å². The van der Waals surface area contributed by atoms with E-state index in [0.717, 1.165) is 5.56 Å². The number of para-hydroxylation sites is 2. The summed E-state index contributed by atoms with van der Waals surface area (Å²) in [5.74, 6) is 0.813. The molecule has 0 aliphatic carbocycles. The quantitative estimate of drug-likeness (QED) is 0.768. The van der Waals surface area contributed by atoms with Gasteiger partial charge in [0.1, 0.15) is 24.2 Å². The van der Waals surface area contributed by atoms with Gasteiger partial charge in [-0.2, -0.15) is 0 Å². The van der Waals surface area contributed by atoms with Crippen molar-refractivity contribution in [3.63, 3.8) is 0 Å². The van der Waals surface area contributed by atoms with Crippen LogP contribution in [0.15, 0.2) is 48.5 Å². The number of aliphatic hydroxyl groups excluding tert-OH is 1. The van der Waals surface area contributed by atoms with Crippen LogP contribution in [-0.4, -0.2) is 36.9 Å². The van der Waals surface area contributed by atoms with Gasteiger partial charge in [0.15, 0.2) is 6.61 Å². The lowest BCUT2D eigenvalue weighted by Crippen LogP contribution is -2.37. The highest BCUT2D eigenvalue weighted by Crippen LogP contribution is 2.22. The predicted molar refractivity (Wildman–Crippen MR) is 92.6 cm³/mol. The van der Waals surface area contributed by atoms with Gasteiger partial charge in [0, 0.05) is 6.54 Å². The second kappa shape index (κ2) is 9.15. The molecule has 1 unspecified atom stereocenters. The summed E-state index contributed by atoms with van der Waals surface area (Å²) < 4.78 is 10.8. The largest absolute Gasteiger partial charge is 0.491 e. The summed E-state index contributed by atoms with van der Waals surface area (Å²) in [7, 11) is 0. The van der Waals surface area contributed by atoms with E-state index in [1.54, 1.807) is 24.3 Å². The first-order chi connectivity index (χ1) is 11.6. The zero-order valence-electron chi connectivity index (χ0n) is 13.4. The van der Waals surface area contributed by atoms with Gasteiger partial charge in [0.2, 0.25) is 0 Å². The lowest BCUT2D eigenvalue weighted by atomic mass is 10.2. The second-order valence-electron chi connectivity index (χ2n) is 5.25. The van der Waals surface area contributed by atoms with E-state index < -0.39 is 6.10 Å². The third-order valence-corrected chi connectivity index (χ3v) is 3.57. The number of carbonyl (C=O) groups excluding carboxylic acids is 1. The second-order valence-corrected chi connectivity index (χ2v) is 5.66. The highest BCUT2D eigenvalue weighted by Gasteiger charge is 2.10. The Morgan fingerprint density at radius 1 is 1.12 bits per heavy atom. The fourth-order valence-corrected chi connectivity index (χ4v) is 2.14. The minimum atomic E-state index is -0.811. The number of hydrogen-bond acceptors (Lipinski definition) is 4. The molecule has 0 aliphatic rings. The number of rotatable bonds is 8. The van der Waals surface area contributed by atoms with E-state index in [4.69, 9.17) is 21.1 Å². The zero-order chi connectivity index (χ0) is 17.4.